The van der Waals surface area contributed by atoms with E-state index in [0.29, 0.717) is 18.2 Å². The summed E-state index contributed by atoms with van der Waals surface area (Å²) in [6, 6.07) is 4.37. The highest BCUT2D eigenvalue weighted by Gasteiger charge is 2.31. The van der Waals surface area contributed by atoms with E-state index in [2.05, 4.69) is 39.6 Å². The van der Waals surface area contributed by atoms with Crippen LogP contribution in [0.2, 0.25) is 0 Å². The third-order valence-electron chi connectivity index (χ3n) is 3.90. The van der Waals surface area contributed by atoms with Gasteiger partial charge < -0.3 is 0 Å². The Balaban J connectivity index is 2.03. The second-order valence-corrected chi connectivity index (χ2v) is 6.56. The predicted octanol–water partition coefficient (Wildman–Crippen LogP) is 3.99. The van der Waals surface area contributed by atoms with E-state index in [1.807, 2.05) is 0 Å². The highest BCUT2D eigenvalue weighted by atomic mass is 79.9. The van der Waals surface area contributed by atoms with E-state index in [-0.39, 0.29) is 0 Å². The molecule has 118 valence electrons. The normalized spacial score (nSPS) is 18.4. The van der Waals surface area contributed by atoms with Crippen molar-refractivity contribution in [3.05, 3.63) is 33.8 Å². The van der Waals surface area contributed by atoms with E-state index in [0.717, 1.165) is 36.7 Å². The average molecular weight is 365 g/mol. The summed E-state index contributed by atoms with van der Waals surface area (Å²) < 4.78 is 39.1. The van der Waals surface area contributed by atoms with Crippen molar-refractivity contribution in [2.24, 2.45) is 0 Å². The fourth-order valence-corrected chi connectivity index (χ4v) is 2.92. The lowest BCUT2D eigenvalue weighted by Gasteiger charge is -2.37. The van der Waals surface area contributed by atoms with E-state index in [9.17, 15) is 13.2 Å². The highest BCUT2D eigenvalue weighted by molar-refractivity contribution is 9.10. The van der Waals surface area contributed by atoms with E-state index in [4.69, 9.17) is 0 Å². The van der Waals surface area contributed by atoms with E-state index < -0.39 is 11.7 Å². The molecule has 0 saturated carbocycles. The molecule has 0 spiro atoms. The maximum atomic E-state index is 12.8. The van der Waals surface area contributed by atoms with Crippen LogP contribution in [0.1, 0.15) is 25.0 Å². The topological polar surface area (TPSA) is 6.48 Å². The molecule has 0 aromatic heterocycles. The van der Waals surface area contributed by atoms with Crippen LogP contribution in [0, 0.1) is 0 Å². The number of piperazine rings is 1. The molecule has 1 aliphatic heterocycles. The van der Waals surface area contributed by atoms with Crippen molar-refractivity contribution in [1.82, 2.24) is 9.80 Å². The molecule has 0 amide bonds. The van der Waals surface area contributed by atoms with Gasteiger partial charge in [0.2, 0.25) is 0 Å². The van der Waals surface area contributed by atoms with Gasteiger partial charge in [-0.25, -0.2) is 0 Å². The average Bonchev–Trinajstić information content (AvgIpc) is 2.40. The lowest BCUT2D eigenvalue weighted by Crippen LogP contribution is -2.48. The largest absolute Gasteiger partial charge is 0.416 e. The Hall–Kier alpha value is -0.590. The zero-order valence-corrected chi connectivity index (χ0v) is 13.8. The number of hydrogen-bond donors (Lipinski definition) is 0. The molecule has 1 aromatic rings. The zero-order valence-electron chi connectivity index (χ0n) is 12.3. The quantitative estimate of drug-likeness (QED) is 0.799. The van der Waals surface area contributed by atoms with Crippen molar-refractivity contribution < 1.29 is 13.2 Å². The number of rotatable bonds is 3. The molecule has 6 heteroatoms. The molecule has 0 atom stereocenters. The van der Waals surface area contributed by atoms with Crippen molar-refractivity contribution >= 4 is 15.9 Å². The van der Waals surface area contributed by atoms with Gasteiger partial charge in [-0.15, -0.1) is 0 Å². The minimum absolute atomic E-state index is 0.521. The second-order valence-electron chi connectivity index (χ2n) is 5.71. The Morgan fingerprint density at radius 2 is 1.76 bits per heavy atom. The highest BCUT2D eigenvalue weighted by Crippen LogP contribution is 2.32. The minimum Gasteiger partial charge on any atom is -0.298 e. The van der Waals surface area contributed by atoms with Gasteiger partial charge in [0.05, 0.1) is 5.56 Å². The van der Waals surface area contributed by atoms with Gasteiger partial charge >= 0.3 is 6.18 Å². The molecule has 0 N–H and O–H groups in total. The van der Waals surface area contributed by atoms with Crippen molar-refractivity contribution in [2.75, 3.05) is 26.2 Å². The van der Waals surface area contributed by atoms with Crippen molar-refractivity contribution in [1.29, 1.82) is 0 Å². The molecule has 0 unspecified atom stereocenters. The molecule has 1 aromatic carbocycles. The van der Waals surface area contributed by atoms with E-state index in [1.165, 1.54) is 12.1 Å². The molecule has 1 saturated heterocycles. The number of nitrogens with zero attached hydrogens (tertiary/aromatic N) is 2. The molecular formula is C15H20BrF3N2. The Morgan fingerprint density at radius 3 is 2.29 bits per heavy atom. The first kappa shape index (κ1) is 16.8. The van der Waals surface area contributed by atoms with Crippen molar-refractivity contribution in [3.63, 3.8) is 0 Å². The second kappa shape index (κ2) is 6.67. The Morgan fingerprint density at radius 1 is 1.14 bits per heavy atom. The first-order chi connectivity index (χ1) is 9.77. The SMILES string of the molecule is CC(C)N1CCN(Cc2cc(C(F)(F)F)ccc2Br)CC1. The molecule has 21 heavy (non-hydrogen) atoms. The first-order valence-electron chi connectivity index (χ1n) is 7.09. The summed E-state index contributed by atoms with van der Waals surface area (Å²) in [6.07, 6.45) is -4.29. The molecular weight excluding hydrogens is 345 g/mol. The minimum atomic E-state index is -4.29. The Labute approximate surface area is 132 Å². The molecule has 1 heterocycles. The number of hydrogen-bond acceptors (Lipinski definition) is 2. The van der Waals surface area contributed by atoms with Gasteiger partial charge in [0.15, 0.2) is 0 Å². The lowest BCUT2D eigenvalue weighted by atomic mass is 10.1. The molecule has 0 bridgehead atoms. The van der Waals surface area contributed by atoms with E-state index in [1.54, 1.807) is 0 Å². The maximum absolute atomic E-state index is 12.8. The van der Waals surface area contributed by atoms with Gasteiger partial charge in [0.1, 0.15) is 0 Å². The van der Waals surface area contributed by atoms with Crippen molar-refractivity contribution in [3.8, 4) is 0 Å². The summed E-state index contributed by atoms with van der Waals surface area (Å²) in [6.45, 7) is 8.60. The van der Waals surface area contributed by atoms with Gasteiger partial charge in [0, 0.05) is 43.2 Å². The predicted molar refractivity (Wildman–Crippen MR) is 81.1 cm³/mol. The van der Waals surface area contributed by atoms with Crippen LogP contribution in [0.15, 0.2) is 22.7 Å². The van der Waals surface area contributed by atoms with Crippen molar-refractivity contribution in [2.45, 2.75) is 32.6 Å². The van der Waals surface area contributed by atoms with Crippen LogP contribution >= 0.6 is 15.9 Å². The van der Waals surface area contributed by atoms with Crippen LogP contribution in [0.4, 0.5) is 13.2 Å². The van der Waals surface area contributed by atoms with E-state index >= 15 is 0 Å². The van der Waals surface area contributed by atoms with Crippen LogP contribution in [0.3, 0.4) is 0 Å². The van der Waals surface area contributed by atoms with Crippen LogP contribution in [-0.2, 0) is 12.7 Å². The molecule has 0 radical (unpaired) electrons. The standard InChI is InChI=1S/C15H20BrF3N2/c1-11(2)21-7-5-20(6-8-21)10-12-9-13(15(17,18)19)3-4-14(12)16/h3-4,9,11H,5-8,10H2,1-2H3. The number of benzene rings is 1. The number of alkyl halides is 3. The smallest absolute Gasteiger partial charge is 0.298 e. The molecule has 2 nitrogen and oxygen atoms in total. The molecule has 1 aliphatic rings. The summed E-state index contributed by atoms with van der Waals surface area (Å²) in [5.74, 6) is 0. The van der Waals surface area contributed by atoms with Gasteiger partial charge in [-0.1, -0.05) is 15.9 Å². The van der Waals surface area contributed by atoms with Gasteiger partial charge in [-0.2, -0.15) is 13.2 Å². The van der Waals surface area contributed by atoms with Gasteiger partial charge in [-0.05, 0) is 37.6 Å². The Bertz CT molecular complexity index is 480. The van der Waals surface area contributed by atoms with Crippen LogP contribution in [0.5, 0.6) is 0 Å². The summed E-state index contributed by atoms with van der Waals surface area (Å²) in [7, 11) is 0. The monoisotopic (exact) mass is 364 g/mol. The zero-order chi connectivity index (χ0) is 15.6. The summed E-state index contributed by atoms with van der Waals surface area (Å²) in [5.41, 5.74) is 0.115. The van der Waals surface area contributed by atoms with Crippen LogP contribution in [-0.4, -0.2) is 42.0 Å². The fraction of sp³-hybridized carbons (Fsp3) is 0.600. The lowest BCUT2D eigenvalue weighted by molar-refractivity contribution is -0.137. The third-order valence-corrected chi connectivity index (χ3v) is 4.68. The van der Waals surface area contributed by atoms with Gasteiger partial charge in [0.25, 0.3) is 0 Å². The summed E-state index contributed by atoms with van der Waals surface area (Å²) in [5, 5.41) is 0. The number of halogens is 4. The fourth-order valence-electron chi connectivity index (χ4n) is 2.55. The van der Waals surface area contributed by atoms with Crippen LogP contribution < -0.4 is 0 Å². The summed E-state index contributed by atoms with van der Waals surface area (Å²) >= 11 is 3.35. The third kappa shape index (κ3) is 4.44. The summed E-state index contributed by atoms with van der Waals surface area (Å²) in [4.78, 5) is 4.59. The first-order valence-corrected chi connectivity index (χ1v) is 7.88. The molecule has 2 rings (SSSR count). The maximum Gasteiger partial charge on any atom is 0.416 e. The van der Waals surface area contributed by atoms with Gasteiger partial charge in [-0.3, -0.25) is 9.80 Å². The molecule has 1 fully saturated rings. The molecule has 0 aliphatic carbocycles. The van der Waals surface area contributed by atoms with Crippen LogP contribution in [0.25, 0.3) is 0 Å². The Kier molecular flexibility index (Phi) is 5.33.